The number of benzene rings is 1. The van der Waals surface area contributed by atoms with Gasteiger partial charge < -0.3 is 9.64 Å². The maximum atomic E-state index is 11.6. The molecule has 0 radical (unpaired) electrons. The molecule has 2 rings (SSSR count). The lowest BCUT2D eigenvalue weighted by molar-refractivity contribution is -0.385. The number of nitro benzene ring substituents is 1. The second-order valence-corrected chi connectivity index (χ2v) is 8.85. The summed E-state index contributed by atoms with van der Waals surface area (Å²) in [5, 5.41) is 12.2. The van der Waals surface area contributed by atoms with Crippen molar-refractivity contribution in [3.05, 3.63) is 39.4 Å². The number of piperazine rings is 1. The van der Waals surface area contributed by atoms with Gasteiger partial charge in [-0.2, -0.15) is 0 Å². The van der Waals surface area contributed by atoms with Crippen molar-refractivity contribution < 1.29 is 9.66 Å². The van der Waals surface area contributed by atoms with Gasteiger partial charge in [0.1, 0.15) is 0 Å². The van der Waals surface area contributed by atoms with Crippen LogP contribution in [0, 0.1) is 16.0 Å². The van der Waals surface area contributed by atoms with Gasteiger partial charge >= 0.3 is 0 Å². The highest BCUT2D eigenvalue weighted by Crippen LogP contribution is 2.23. The van der Waals surface area contributed by atoms with Crippen molar-refractivity contribution in [2.24, 2.45) is 5.92 Å². The second kappa shape index (κ2) is 13.0. The summed E-state index contributed by atoms with van der Waals surface area (Å²) >= 11 is 5.39. The number of ether oxygens (including phenoxy) is 1. The Morgan fingerprint density at radius 1 is 1.27 bits per heavy atom. The smallest absolute Gasteiger partial charge is 0.274 e. The highest BCUT2D eigenvalue weighted by molar-refractivity contribution is 7.80. The van der Waals surface area contributed by atoms with E-state index in [1.165, 1.54) is 19.3 Å². The zero-order valence-corrected chi connectivity index (χ0v) is 19.6. The Labute approximate surface area is 186 Å². The van der Waals surface area contributed by atoms with Crippen molar-refractivity contribution >= 4 is 23.0 Å². The average molecular weight is 436 g/mol. The zero-order valence-electron chi connectivity index (χ0n) is 18.8. The maximum Gasteiger partial charge on any atom is 0.274 e. The Hall–Kier alpha value is -1.57. The number of nitro groups is 1. The average Bonchev–Trinajstić information content (AvgIpc) is 2.74. The SMILES string of the molecule is CCCCC(CC)COC(=S)CCc1ccc(CN2CCN(C)CC2)c([N+](=O)[O-])c1. The van der Waals surface area contributed by atoms with E-state index in [-0.39, 0.29) is 10.6 Å². The molecule has 7 heteroatoms. The number of nitrogens with zero attached hydrogens (tertiary/aromatic N) is 3. The lowest BCUT2D eigenvalue weighted by atomic mass is 10.0. The van der Waals surface area contributed by atoms with Crippen LogP contribution in [0.5, 0.6) is 0 Å². The van der Waals surface area contributed by atoms with E-state index in [0.717, 1.165) is 43.7 Å². The first kappa shape index (κ1) is 24.7. The van der Waals surface area contributed by atoms with Crippen molar-refractivity contribution in [3.63, 3.8) is 0 Å². The van der Waals surface area contributed by atoms with Crippen LogP contribution in [0.2, 0.25) is 0 Å². The Bertz CT molecular complexity index is 690. The van der Waals surface area contributed by atoms with E-state index >= 15 is 0 Å². The zero-order chi connectivity index (χ0) is 21.9. The standard InChI is InChI=1S/C23H37N3O3S/c1-4-6-7-19(5-2)18-29-23(30)11-9-20-8-10-21(22(16-20)26(27)28)17-25-14-12-24(3)13-15-25/h8,10,16,19H,4-7,9,11-15,17-18H2,1-3H3. The number of aryl methyl sites for hydroxylation is 1. The van der Waals surface area contributed by atoms with Crippen LogP contribution < -0.4 is 0 Å². The van der Waals surface area contributed by atoms with Gasteiger partial charge in [-0.1, -0.05) is 45.2 Å². The van der Waals surface area contributed by atoms with Gasteiger partial charge in [-0.3, -0.25) is 15.0 Å². The lowest BCUT2D eigenvalue weighted by Crippen LogP contribution is -2.43. The van der Waals surface area contributed by atoms with Gasteiger partial charge in [-0.05, 0) is 43.6 Å². The molecule has 30 heavy (non-hydrogen) atoms. The van der Waals surface area contributed by atoms with Crippen molar-refractivity contribution in [3.8, 4) is 0 Å². The molecule has 1 aliphatic rings. The highest BCUT2D eigenvalue weighted by Gasteiger charge is 2.20. The molecule has 1 atom stereocenters. The molecule has 1 unspecified atom stereocenters. The predicted octanol–water partition coefficient (Wildman–Crippen LogP) is 4.84. The molecule has 0 bridgehead atoms. The third kappa shape index (κ3) is 8.28. The summed E-state index contributed by atoms with van der Waals surface area (Å²) in [7, 11) is 2.11. The number of rotatable bonds is 12. The largest absolute Gasteiger partial charge is 0.487 e. The number of hydrogen-bond donors (Lipinski definition) is 0. The number of hydrogen-bond acceptors (Lipinski definition) is 6. The van der Waals surface area contributed by atoms with E-state index in [0.29, 0.717) is 37.0 Å². The first-order valence-electron chi connectivity index (χ1n) is 11.3. The van der Waals surface area contributed by atoms with Crippen LogP contribution in [-0.4, -0.2) is 59.6 Å². The van der Waals surface area contributed by atoms with E-state index in [1.54, 1.807) is 6.07 Å². The Morgan fingerprint density at radius 3 is 2.63 bits per heavy atom. The first-order chi connectivity index (χ1) is 14.4. The molecule has 0 spiro atoms. The van der Waals surface area contributed by atoms with Crippen LogP contribution in [0.3, 0.4) is 0 Å². The van der Waals surface area contributed by atoms with E-state index in [9.17, 15) is 10.1 Å². The molecule has 1 aliphatic heterocycles. The molecule has 0 aliphatic carbocycles. The molecule has 0 saturated carbocycles. The lowest BCUT2D eigenvalue weighted by Gasteiger charge is -2.32. The molecule has 168 valence electrons. The van der Waals surface area contributed by atoms with Crippen LogP contribution in [0.4, 0.5) is 5.69 Å². The van der Waals surface area contributed by atoms with Crippen molar-refractivity contribution in [2.45, 2.75) is 58.9 Å². The molecule has 6 nitrogen and oxygen atoms in total. The van der Waals surface area contributed by atoms with E-state index < -0.39 is 0 Å². The quantitative estimate of drug-likeness (QED) is 0.266. The van der Waals surface area contributed by atoms with Crippen LogP contribution in [0.1, 0.15) is 57.1 Å². The van der Waals surface area contributed by atoms with Crippen molar-refractivity contribution in [1.82, 2.24) is 9.80 Å². The van der Waals surface area contributed by atoms with Gasteiger partial charge in [-0.25, -0.2) is 0 Å². The summed E-state index contributed by atoms with van der Waals surface area (Å²) in [4.78, 5) is 15.9. The van der Waals surface area contributed by atoms with E-state index in [1.807, 2.05) is 12.1 Å². The van der Waals surface area contributed by atoms with E-state index in [2.05, 4.69) is 30.7 Å². The van der Waals surface area contributed by atoms with Crippen LogP contribution >= 0.6 is 12.2 Å². The Balaban J connectivity index is 1.88. The van der Waals surface area contributed by atoms with Gasteiger partial charge in [-0.15, -0.1) is 0 Å². The van der Waals surface area contributed by atoms with Gasteiger partial charge in [0.2, 0.25) is 0 Å². The molecular weight excluding hydrogens is 398 g/mol. The fourth-order valence-electron chi connectivity index (χ4n) is 3.74. The van der Waals surface area contributed by atoms with E-state index in [4.69, 9.17) is 17.0 Å². The third-order valence-corrected chi connectivity index (χ3v) is 6.30. The minimum atomic E-state index is -0.261. The summed E-state index contributed by atoms with van der Waals surface area (Å²) in [6.45, 7) is 9.59. The van der Waals surface area contributed by atoms with Crippen LogP contribution in [-0.2, 0) is 17.7 Å². The highest BCUT2D eigenvalue weighted by atomic mass is 32.1. The van der Waals surface area contributed by atoms with Gasteiger partial charge in [0.05, 0.1) is 11.5 Å². The summed E-state index contributed by atoms with van der Waals surface area (Å²) in [5.41, 5.74) is 1.94. The molecular formula is C23H37N3O3S. The Kier molecular flexibility index (Phi) is 10.7. The topological polar surface area (TPSA) is 58.8 Å². The summed E-state index contributed by atoms with van der Waals surface area (Å²) < 4.78 is 5.81. The summed E-state index contributed by atoms with van der Waals surface area (Å²) in [6, 6.07) is 5.62. The van der Waals surface area contributed by atoms with Crippen LogP contribution in [0.15, 0.2) is 18.2 Å². The summed E-state index contributed by atoms with van der Waals surface area (Å²) in [6.07, 6.45) is 5.98. The summed E-state index contributed by atoms with van der Waals surface area (Å²) in [5.74, 6) is 0.554. The first-order valence-corrected chi connectivity index (χ1v) is 11.7. The number of thiocarbonyl (C=S) groups is 1. The number of likely N-dealkylation sites (N-methyl/N-ethyl adjacent to an activating group) is 1. The minimum absolute atomic E-state index is 0.212. The molecule has 0 aromatic heterocycles. The molecule has 0 N–H and O–H groups in total. The molecule has 1 saturated heterocycles. The Morgan fingerprint density at radius 2 is 2.00 bits per heavy atom. The maximum absolute atomic E-state index is 11.6. The fourth-order valence-corrected chi connectivity index (χ4v) is 3.91. The van der Waals surface area contributed by atoms with Crippen molar-refractivity contribution in [1.29, 1.82) is 0 Å². The van der Waals surface area contributed by atoms with Gasteiger partial charge in [0.25, 0.3) is 5.69 Å². The minimum Gasteiger partial charge on any atom is -0.487 e. The molecule has 1 aromatic carbocycles. The molecule has 0 amide bonds. The number of unbranched alkanes of at least 4 members (excludes halogenated alkanes) is 1. The predicted molar refractivity (Wildman–Crippen MR) is 126 cm³/mol. The molecule has 1 fully saturated rings. The molecule has 1 aromatic rings. The van der Waals surface area contributed by atoms with Gasteiger partial charge in [0.15, 0.2) is 5.05 Å². The van der Waals surface area contributed by atoms with Crippen molar-refractivity contribution in [2.75, 3.05) is 39.8 Å². The van der Waals surface area contributed by atoms with Gasteiger partial charge in [0, 0.05) is 50.8 Å². The second-order valence-electron chi connectivity index (χ2n) is 8.40. The van der Waals surface area contributed by atoms with Crippen LogP contribution in [0.25, 0.3) is 0 Å². The molecule has 1 heterocycles. The third-order valence-electron chi connectivity index (χ3n) is 5.98. The fraction of sp³-hybridized carbons (Fsp3) is 0.696. The normalized spacial score (nSPS) is 16.4. The monoisotopic (exact) mass is 435 g/mol.